The van der Waals surface area contributed by atoms with Crippen LogP contribution in [0.15, 0.2) is 36.8 Å². The fourth-order valence-corrected chi connectivity index (χ4v) is 2.68. The van der Waals surface area contributed by atoms with Crippen molar-refractivity contribution < 1.29 is 0 Å². The molecule has 2 rings (SSSR count). The van der Waals surface area contributed by atoms with E-state index in [4.69, 9.17) is 5.73 Å². The molecule has 1 unspecified atom stereocenters. The van der Waals surface area contributed by atoms with Crippen LogP contribution < -0.4 is 5.73 Å². The molecule has 2 N–H and O–H groups in total. The molecule has 0 saturated carbocycles. The Hall–Kier alpha value is -0.880. The van der Waals surface area contributed by atoms with Gasteiger partial charge in [-0.1, -0.05) is 19.9 Å². The van der Waals surface area contributed by atoms with Gasteiger partial charge in [-0.15, -0.1) is 0 Å². The molecule has 3 nitrogen and oxygen atoms in total. The smallest absolute Gasteiger partial charge is 0.0994 e. The van der Waals surface area contributed by atoms with E-state index in [1.54, 1.807) is 0 Å². The molecule has 1 atom stereocenters. The quantitative estimate of drug-likeness (QED) is 0.857. The lowest BCUT2D eigenvalue weighted by Gasteiger charge is -2.20. The van der Waals surface area contributed by atoms with E-state index in [9.17, 15) is 0 Å². The standard InChI is InChI=1S/C14H18IN3/c1-10(2)13(7-16)14-8-17-9-18(14)12-5-3-4-11(15)6-12/h3-6,8-10,13H,7,16H2,1-2H3. The summed E-state index contributed by atoms with van der Waals surface area (Å²) in [4.78, 5) is 4.28. The zero-order valence-electron chi connectivity index (χ0n) is 10.7. The molecule has 0 aliphatic carbocycles. The molecule has 0 spiro atoms. The first-order chi connectivity index (χ1) is 8.63. The van der Waals surface area contributed by atoms with Crippen LogP contribution >= 0.6 is 22.6 Å². The molecule has 1 aromatic carbocycles. The lowest BCUT2D eigenvalue weighted by molar-refractivity contribution is 0.490. The molecule has 0 aliphatic heterocycles. The first-order valence-corrected chi connectivity index (χ1v) is 7.19. The van der Waals surface area contributed by atoms with Crippen molar-refractivity contribution in [1.29, 1.82) is 0 Å². The number of benzene rings is 1. The monoisotopic (exact) mass is 355 g/mol. The van der Waals surface area contributed by atoms with Crippen LogP contribution in [0.4, 0.5) is 0 Å². The molecule has 96 valence electrons. The summed E-state index contributed by atoms with van der Waals surface area (Å²) in [5, 5.41) is 0. The lowest BCUT2D eigenvalue weighted by Crippen LogP contribution is -2.20. The van der Waals surface area contributed by atoms with Gasteiger partial charge in [-0.05, 0) is 46.7 Å². The van der Waals surface area contributed by atoms with Gasteiger partial charge in [0.15, 0.2) is 0 Å². The minimum atomic E-state index is 0.338. The van der Waals surface area contributed by atoms with Crippen molar-refractivity contribution >= 4 is 22.6 Å². The third-order valence-corrected chi connectivity index (χ3v) is 3.86. The number of nitrogens with zero attached hydrogens (tertiary/aromatic N) is 2. The van der Waals surface area contributed by atoms with Gasteiger partial charge >= 0.3 is 0 Å². The summed E-state index contributed by atoms with van der Waals surface area (Å²) in [6, 6.07) is 8.40. The van der Waals surface area contributed by atoms with E-state index in [0.29, 0.717) is 18.4 Å². The number of halogens is 1. The third kappa shape index (κ3) is 2.75. The highest BCUT2D eigenvalue weighted by Gasteiger charge is 2.18. The van der Waals surface area contributed by atoms with Crippen LogP contribution in [0, 0.1) is 9.49 Å². The van der Waals surface area contributed by atoms with Crippen molar-refractivity contribution in [3.63, 3.8) is 0 Å². The van der Waals surface area contributed by atoms with Crippen LogP contribution in [0.25, 0.3) is 5.69 Å². The summed E-state index contributed by atoms with van der Waals surface area (Å²) in [7, 11) is 0. The molecule has 0 amide bonds. The van der Waals surface area contributed by atoms with E-state index in [0.717, 1.165) is 5.69 Å². The van der Waals surface area contributed by atoms with Crippen molar-refractivity contribution in [3.05, 3.63) is 46.1 Å². The van der Waals surface area contributed by atoms with Gasteiger partial charge in [-0.25, -0.2) is 4.98 Å². The van der Waals surface area contributed by atoms with Gasteiger partial charge in [0.05, 0.1) is 6.33 Å². The highest BCUT2D eigenvalue weighted by Crippen LogP contribution is 2.25. The molecular formula is C14H18IN3. The van der Waals surface area contributed by atoms with Crippen molar-refractivity contribution in [3.8, 4) is 5.69 Å². The number of imidazole rings is 1. The minimum absolute atomic E-state index is 0.338. The zero-order valence-corrected chi connectivity index (χ0v) is 12.8. The van der Waals surface area contributed by atoms with E-state index in [1.807, 2.05) is 12.5 Å². The maximum absolute atomic E-state index is 5.90. The maximum atomic E-state index is 5.90. The molecule has 0 saturated heterocycles. The number of hydrogen-bond acceptors (Lipinski definition) is 2. The van der Waals surface area contributed by atoms with Gasteiger partial charge in [0.2, 0.25) is 0 Å². The lowest BCUT2D eigenvalue weighted by atomic mass is 9.93. The molecule has 0 fully saturated rings. The Morgan fingerprint density at radius 1 is 1.39 bits per heavy atom. The number of aromatic nitrogens is 2. The van der Waals surface area contributed by atoms with Crippen LogP contribution in [0.1, 0.15) is 25.5 Å². The minimum Gasteiger partial charge on any atom is -0.330 e. The normalized spacial score (nSPS) is 12.9. The van der Waals surface area contributed by atoms with E-state index in [2.05, 4.69) is 70.3 Å². The molecule has 0 radical (unpaired) electrons. The Morgan fingerprint density at radius 3 is 2.78 bits per heavy atom. The Labute approximate surface area is 122 Å². The van der Waals surface area contributed by atoms with Crippen LogP contribution in [-0.2, 0) is 0 Å². The molecule has 0 aliphatic rings. The first-order valence-electron chi connectivity index (χ1n) is 6.11. The van der Waals surface area contributed by atoms with Crippen LogP contribution in [0.5, 0.6) is 0 Å². The molecule has 1 heterocycles. The summed E-state index contributed by atoms with van der Waals surface area (Å²) in [5.41, 5.74) is 8.24. The molecule has 18 heavy (non-hydrogen) atoms. The average molecular weight is 355 g/mol. The van der Waals surface area contributed by atoms with Gasteiger partial charge in [0.25, 0.3) is 0 Å². The highest BCUT2D eigenvalue weighted by atomic mass is 127. The summed E-state index contributed by atoms with van der Waals surface area (Å²) in [6.45, 7) is 5.04. The Morgan fingerprint density at radius 2 is 2.17 bits per heavy atom. The number of hydrogen-bond donors (Lipinski definition) is 1. The molecule has 2 aromatic rings. The second-order valence-electron chi connectivity index (χ2n) is 4.75. The SMILES string of the molecule is CC(C)C(CN)c1cncn1-c1cccc(I)c1. The first kappa shape index (κ1) is 13.5. The average Bonchev–Trinajstić information content (AvgIpc) is 2.78. The predicted molar refractivity (Wildman–Crippen MR) is 82.9 cm³/mol. The van der Waals surface area contributed by atoms with E-state index in [-0.39, 0.29) is 0 Å². The largest absolute Gasteiger partial charge is 0.330 e. The Kier molecular flexibility index (Phi) is 4.40. The fraction of sp³-hybridized carbons (Fsp3) is 0.357. The second-order valence-corrected chi connectivity index (χ2v) is 6.00. The number of rotatable bonds is 4. The summed E-state index contributed by atoms with van der Waals surface area (Å²) >= 11 is 2.32. The maximum Gasteiger partial charge on any atom is 0.0994 e. The van der Waals surface area contributed by atoms with Gasteiger partial charge in [-0.2, -0.15) is 0 Å². The van der Waals surface area contributed by atoms with Crippen molar-refractivity contribution in [2.24, 2.45) is 11.7 Å². The Balaban J connectivity index is 2.44. The van der Waals surface area contributed by atoms with Gasteiger partial charge in [-0.3, -0.25) is 0 Å². The highest BCUT2D eigenvalue weighted by molar-refractivity contribution is 14.1. The topological polar surface area (TPSA) is 43.8 Å². The van der Waals surface area contributed by atoms with E-state index in [1.165, 1.54) is 9.26 Å². The fourth-order valence-electron chi connectivity index (χ4n) is 2.16. The predicted octanol–water partition coefficient (Wildman–Crippen LogP) is 3.18. The van der Waals surface area contributed by atoms with Gasteiger partial charge < -0.3 is 10.3 Å². The van der Waals surface area contributed by atoms with Crippen LogP contribution in [0.2, 0.25) is 0 Å². The zero-order chi connectivity index (χ0) is 13.1. The Bertz CT molecular complexity index is 519. The van der Waals surface area contributed by atoms with Crippen LogP contribution in [-0.4, -0.2) is 16.1 Å². The van der Waals surface area contributed by atoms with Gasteiger partial charge in [0.1, 0.15) is 0 Å². The van der Waals surface area contributed by atoms with E-state index >= 15 is 0 Å². The second kappa shape index (κ2) is 5.84. The summed E-state index contributed by atoms with van der Waals surface area (Å²) in [5.74, 6) is 0.846. The van der Waals surface area contributed by atoms with Crippen LogP contribution in [0.3, 0.4) is 0 Å². The van der Waals surface area contributed by atoms with Gasteiger partial charge in [0, 0.05) is 33.6 Å². The molecular weight excluding hydrogens is 337 g/mol. The van der Waals surface area contributed by atoms with Crippen molar-refractivity contribution in [1.82, 2.24) is 9.55 Å². The third-order valence-electron chi connectivity index (χ3n) is 3.19. The van der Waals surface area contributed by atoms with E-state index < -0.39 is 0 Å². The molecule has 4 heteroatoms. The molecule has 1 aromatic heterocycles. The van der Waals surface area contributed by atoms with Crippen molar-refractivity contribution in [2.45, 2.75) is 19.8 Å². The summed E-state index contributed by atoms with van der Waals surface area (Å²) < 4.78 is 3.36. The van der Waals surface area contributed by atoms with Crippen molar-refractivity contribution in [2.75, 3.05) is 6.54 Å². The molecule has 0 bridgehead atoms. The number of nitrogens with two attached hydrogens (primary N) is 1. The summed E-state index contributed by atoms with van der Waals surface area (Å²) in [6.07, 6.45) is 3.79.